The van der Waals surface area contributed by atoms with Gasteiger partial charge in [-0.3, -0.25) is 14.5 Å². The Labute approximate surface area is 192 Å². The molecule has 0 aromatic heterocycles. The Morgan fingerprint density at radius 2 is 1.70 bits per heavy atom. The lowest BCUT2D eigenvalue weighted by Gasteiger charge is -2.14. The summed E-state index contributed by atoms with van der Waals surface area (Å²) in [5.41, 5.74) is 2.71. The van der Waals surface area contributed by atoms with E-state index in [1.165, 1.54) is 6.07 Å². The zero-order valence-corrected chi connectivity index (χ0v) is 19.1. The third-order valence-corrected chi connectivity index (χ3v) is 6.63. The first-order chi connectivity index (χ1) is 15.8. The molecule has 0 spiro atoms. The molecule has 0 bridgehead atoms. The lowest BCUT2D eigenvalue weighted by atomic mass is 10.0. The van der Waals surface area contributed by atoms with Crippen molar-refractivity contribution in [1.82, 2.24) is 4.72 Å². The molecule has 3 aromatic carbocycles. The summed E-state index contributed by atoms with van der Waals surface area (Å²) in [7, 11) is -0.484. The summed E-state index contributed by atoms with van der Waals surface area (Å²) < 4.78 is 37.6. The first-order valence-corrected chi connectivity index (χ1v) is 11.6. The van der Waals surface area contributed by atoms with Crippen LogP contribution in [0.3, 0.4) is 0 Å². The Kier molecular flexibility index (Phi) is 6.06. The van der Waals surface area contributed by atoms with E-state index in [0.29, 0.717) is 17.0 Å². The number of nitrogens with zero attached hydrogens (tertiary/aromatic N) is 1. The summed E-state index contributed by atoms with van der Waals surface area (Å²) in [5.74, 6) is 1.17. The zero-order valence-electron chi connectivity index (χ0n) is 18.3. The van der Waals surface area contributed by atoms with Crippen LogP contribution in [-0.4, -0.2) is 40.4 Å². The Morgan fingerprint density at radius 3 is 2.39 bits per heavy atom. The second-order valence-corrected chi connectivity index (χ2v) is 9.04. The number of fused-ring (bicyclic) bond motifs is 1. The van der Waals surface area contributed by atoms with Crippen molar-refractivity contribution >= 4 is 27.5 Å². The number of ether oxygens (including phenoxy) is 2. The molecule has 3 aromatic rings. The van der Waals surface area contributed by atoms with Crippen LogP contribution in [-0.2, 0) is 14.8 Å². The van der Waals surface area contributed by atoms with Crippen LogP contribution in [0.5, 0.6) is 11.5 Å². The van der Waals surface area contributed by atoms with Gasteiger partial charge in [0.05, 0.1) is 19.1 Å². The number of rotatable bonds is 6. The summed E-state index contributed by atoms with van der Waals surface area (Å²) in [6.07, 6.45) is 0. The molecule has 0 aliphatic carbocycles. The van der Waals surface area contributed by atoms with E-state index in [1.54, 1.807) is 51.5 Å². The van der Waals surface area contributed by atoms with Gasteiger partial charge in [-0.05, 0) is 55.0 Å². The molecule has 0 saturated heterocycles. The van der Waals surface area contributed by atoms with Crippen molar-refractivity contribution in [2.75, 3.05) is 19.5 Å². The van der Waals surface area contributed by atoms with Crippen molar-refractivity contribution in [1.29, 1.82) is 0 Å². The van der Waals surface area contributed by atoms with Crippen molar-refractivity contribution < 1.29 is 22.7 Å². The summed E-state index contributed by atoms with van der Waals surface area (Å²) in [4.78, 5) is 17.3. The molecule has 4 rings (SSSR count). The summed E-state index contributed by atoms with van der Waals surface area (Å²) >= 11 is 0. The normalized spacial score (nSPS) is 15.9. The Bertz CT molecular complexity index is 1330. The van der Waals surface area contributed by atoms with E-state index in [0.717, 1.165) is 16.9 Å². The molecule has 1 atom stereocenters. The first kappa shape index (κ1) is 22.3. The number of sulfonamides is 1. The van der Waals surface area contributed by atoms with Gasteiger partial charge in [0.1, 0.15) is 23.4 Å². The van der Waals surface area contributed by atoms with Crippen molar-refractivity contribution in [3.05, 3.63) is 72.3 Å². The molecule has 2 N–H and O–H groups in total. The van der Waals surface area contributed by atoms with Gasteiger partial charge in [-0.25, -0.2) is 8.42 Å². The Balaban J connectivity index is 1.57. The fourth-order valence-electron chi connectivity index (χ4n) is 3.51. The molecule has 0 radical (unpaired) electrons. The molecule has 0 saturated carbocycles. The zero-order chi connectivity index (χ0) is 23.6. The summed E-state index contributed by atoms with van der Waals surface area (Å²) in [5, 5.41) is 2.84. The second-order valence-electron chi connectivity index (χ2n) is 7.39. The van der Waals surface area contributed by atoms with E-state index in [1.807, 2.05) is 30.3 Å². The van der Waals surface area contributed by atoms with Crippen molar-refractivity contribution in [3.63, 3.8) is 0 Å². The number of hydrogen-bond donors (Lipinski definition) is 2. The smallest absolute Gasteiger partial charge is 0.263 e. The Morgan fingerprint density at radius 1 is 0.970 bits per heavy atom. The van der Waals surface area contributed by atoms with Crippen LogP contribution in [0, 0.1) is 0 Å². The SMILES string of the molecule is COc1ccc(-c2cc(NC(=O)[C@@H](C)N=C3NS(=O)(=O)c4ccccc43)ccc2OC)cc1. The van der Waals surface area contributed by atoms with E-state index in [9.17, 15) is 13.2 Å². The summed E-state index contributed by atoms with van der Waals surface area (Å²) in [6.45, 7) is 1.60. The summed E-state index contributed by atoms with van der Waals surface area (Å²) in [6, 6.07) is 18.5. The molecule has 9 heteroatoms. The van der Waals surface area contributed by atoms with Crippen molar-refractivity contribution in [2.45, 2.75) is 17.9 Å². The molecule has 1 aliphatic heterocycles. The number of amides is 1. The highest BCUT2D eigenvalue weighted by atomic mass is 32.2. The minimum atomic E-state index is -3.67. The fourth-order valence-corrected chi connectivity index (χ4v) is 4.75. The van der Waals surface area contributed by atoms with E-state index in [2.05, 4.69) is 15.0 Å². The molecular formula is C24H23N3O5S. The number of anilines is 1. The molecule has 33 heavy (non-hydrogen) atoms. The quantitative estimate of drug-likeness (QED) is 0.580. The van der Waals surface area contributed by atoms with Gasteiger partial charge >= 0.3 is 0 Å². The molecule has 0 unspecified atom stereocenters. The van der Waals surface area contributed by atoms with Crippen molar-refractivity contribution in [3.8, 4) is 22.6 Å². The van der Waals surface area contributed by atoms with Gasteiger partial charge in [-0.2, -0.15) is 0 Å². The van der Waals surface area contributed by atoms with Crippen LogP contribution >= 0.6 is 0 Å². The maximum absolute atomic E-state index is 12.8. The maximum Gasteiger partial charge on any atom is 0.263 e. The standard InChI is InChI=1S/C24H23N3O5S/c1-15(25-23-19-6-4-5-7-22(19)33(29,30)27-23)24(28)26-17-10-13-21(32-3)20(14-17)16-8-11-18(31-2)12-9-16/h4-15H,1-3H3,(H,25,27)(H,26,28)/t15-/m1/s1. The van der Waals surface area contributed by atoms with Crippen LogP contribution in [0.25, 0.3) is 11.1 Å². The molecule has 170 valence electrons. The van der Waals surface area contributed by atoms with Crippen LogP contribution in [0.4, 0.5) is 5.69 Å². The van der Waals surface area contributed by atoms with Crippen LogP contribution in [0.15, 0.2) is 76.6 Å². The maximum atomic E-state index is 12.8. The van der Waals surface area contributed by atoms with Gasteiger partial charge in [-0.1, -0.05) is 24.3 Å². The van der Waals surface area contributed by atoms with E-state index >= 15 is 0 Å². The predicted molar refractivity (Wildman–Crippen MR) is 126 cm³/mol. The van der Waals surface area contributed by atoms with Crippen LogP contribution in [0.1, 0.15) is 12.5 Å². The average molecular weight is 466 g/mol. The minimum absolute atomic E-state index is 0.149. The number of methoxy groups -OCH3 is 2. The fraction of sp³-hybridized carbons (Fsp3) is 0.167. The molecule has 1 amide bonds. The monoisotopic (exact) mass is 465 g/mol. The molecule has 1 aliphatic rings. The lowest BCUT2D eigenvalue weighted by molar-refractivity contribution is -0.117. The topological polar surface area (TPSA) is 106 Å². The molecule has 0 fully saturated rings. The third kappa shape index (κ3) is 4.54. The number of nitrogens with one attached hydrogen (secondary N) is 2. The number of hydrogen-bond acceptors (Lipinski definition) is 6. The van der Waals surface area contributed by atoms with Crippen LogP contribution < -0.4 is 19.5 Å². The first-order valence-electron chi connectivity index (χ1n) is 10.2. The largest absolute Gasteiger partial charge is 0.497 e. The Hall–Kier alpha value is -3.85. The van der Waals surface area contributed by atoms with Gasteiger partial charge in [0.2, 0.25) is 5.91 Å². The van der Waals surface area contributed by atoms with E-state index in [-0.39, 0.29) is 16.6 Å². The highest BCUT2D eigenvalue weighted by molar-refractivity contribution is 7.90. The lowest BCUT2D eigenvalue weighted by Crippen LogP contribution is -2.28. The van der Waals surface area contributed by atoms with E-state index in [4.69, 9.17) is 9.47 Å². The van der Waals surface area contributed by atoms with Gasteiger partial charge in [0, 0.05) is 16.8 Å². The van der Waals surface area contributed by atoms with Gasteiger partial charge in [0.25, 0.3) is 10.0 Å². The van der Waals surface area contributed by atoms with Gasteiger partial charge in [-0.15, -0.1) is 0 Å². The third-order valence-electron chi connectivity index (χ3n) is 5.23. The van der Waals surface area contributed by atoms with Crippen LogP contribution in [0.2, 0.25) is 0 Å². The number of aliphatic imine (C=N–C) groups is 1. The number of carbonyl (C=O) groups is 1. The molecular weight excluding hydrogens is 442 g/mol. The number of amidine groups is 1. The number of benzene rings is 3. The van der Waals surface area contributed by atoms with Gasteiger partial charge in [0.15, 0.2) is 0 Å². The number of carbonyl (C=O) groups excluding carboxylic acids is 1. The molecule has 1 heterocycles. The highest BCUT2D eigenvalue weighted by Gasteiger charge is 2.31. The highest BCUT2D eigenvalue weighted by Crippen LogP contribution is 2.33. The second kappa shape index (κ2) is 8.95. The van der Waals surface area contributed by atoms with Gasteiger partial charge < -0.3 is 14.8 Å². The van der Waals surface area contributed by atoms with Crippen molar-refractivity contribution in [2.24, 2.45) is 4.99 Å². The average Bonchev–Trinajstić information content (AvgIpc) is 3.08. The predicted octanol–water partition coefficient (Wildman–Crippen LogP) is 3.44. The van der Waals surface area contributed by atoms with E-state index < -0.39 is 16.1 Å². The molecule has 8 nitrogen and oxygen atoms in total. The minimum Gasteiger partial charge on any atom is -0.497 e.